The Morgan fingerprint density at radius 1 is 0.844 bits per heavy atom. The van der Waals surface area contributed by atoms with Crippen LogP contribution < -0.4 is 15.6 Å². The number of carbonyl (C=O) groups excluding carboxylic acids is 2. The summed E-state index contributed by atoms with van der Waals surface area (Å²) in [7, 11) is -3.95. The average molecular weight is 454 g/mol. The molecule has 0 spiro atoms. The van der Waals surface area contributed by atoms with Crippen LogP contribution >= 0.6 is 0 Å². The first-order valence-electron chi connectivity index (χ1n) is 9.20. The molecule has 0 saturated heterocycles. The number of benzene rings is 3. The van der Waals surface area contributed by atoms with Crippen LogP contribution in [0.5, 0.6) is 0 Å². The molecule has 3 rings (SSSR count). The molecule has 164 valence electrons. The Balaban J connectivity index is 1.69. The first-order valence-corrected chi connectivity index (χ1v) is 10.7. The summed E-state index contributed by atoms with van der Waals surface area (Å²) in [5.74, 6) is -1.54. The van der Waals surface area contributed by atoms with Crippen LogP contribution in [0.15, 0.2) is 77.7 Å². The number of non-ortho nitro benzene ring substituents is 1. The Morgan fingerprint density at radius 2 is 1.41 bits per heavy atom. The summed E-state index contributed by atoms with van der Waals surface area (Å²) in [5.41, 5.74) is 5.32. The van der Waals surface area contributed by atoms with E-state index >= 15 is 0 Å². The van der Waals surface area contributed by atoms with Gasteiger partial charge in [-0.05, 0) is 43.3 Å². The quantitative estimate of drug-likeness (QED) is 0.385. The standard InChI is InChI=1S/C21H18N4O6S/c1-14-8-10-17(11-9-14)24-32(30,31)19-7-3-5-16(13-19)21(27)23-22-20(26)15-4-2-6-18(12-15)25(28)29/h2-13,24H,1H3,(H,22,26)(H,23,27). The van der Waals surface area contributed by atoms with Crippen LogP contribution in [0, 0.1) is 17.0 Å². The third-order valence-corrected chi connectivity index (χ3v) is 5.70. The number of aryl methyl sites for hydroxylation is 1. The van der Waals surface area contributed by atoms with E-state index in [2.05, 4.69) is 15.6 Å². The monoisotopic (exact) mass is 454 g/mol. The van der Waals surface area contributed by atoms with Gasteiger partial charge in [-0.15, -0.1) is 0 Å². The van der Waals surface area contributed by atoms with Gasteiger partial charge in [-0.2, -0.15) is 0 Å². The van der Waals surface area contributed by atoms with Gasteiger partial charge in [0.25, 0.3) is 27.5 Å². The van der Waals surface area contributed by atoms with Gasteiger partial charge in [0.05, 0.1) is 9.82 Å². The first kappa shape index (κ1) is 22.4. The van der Waals surface area contributed by atoms with E-state index in [0.717, 1.165) is 17.7 Å². The number of hydrogen-bond acceptors (Lipinski definition) is 6. The summed E-state index contributed by atoms with van der Waals surface area (Å²) in [6, 6.07) is 17.0. The minimum atomic E-state index is -3.95. The lowest BCUT2D eigenvalue weighted by Gasteiger charge is -2.11. The van der Waals surface area contributed by atoms with Gasteiger partial charge in [0.1, 0.15) is 0 Å². The van der Waals surface area contributed by atoms with Crippen LogP contribution in [0.1, 0.15) is 26.3 Å². The second-order valence-corrected chi connectivity index (χ2v) is 8.40. The van der Waals surface area contributed by atoms with Gasteiger partial charge >= 0.3 is 0 Å². The zero-order valence-electron chi connectivity index (χ0n) is 16.7. The van der Waals surface area contributed by atoms with Crippen molar-refractivity contribution in [1.29, 1.82) is 0 Å². The summed E-state index contributed by atoms with van der Waals surface area (Å²) in [6.45, 7) is 1.87. The lowest BCUT2D eigenvalue weighted by atomic mass is 10.2. The molecule has 0 saturated carbocycles. The molecular weight excluding hydrogens is 436 g/mol. The van der Waals surface area contributed by atoms with Crippen LogP contribution in [-0.4, -0.2) is 25.2 Å². The normalized spacial score (nSPS) is 10.8. The molecule has 3 aromatic carbocycles. The van der Waals surface area contributed by atoms with E-state index in [1.807, 2.05) is 6.92 Å². The molecule has 0 unspecified atom stereocenters. The minimum Gasteiger partial charge on any atom is -0.280 e. The zero-order chi connectivity index (χ0) is 23.3. The number of nitro benzene ring substituents is 1. The number of nitrogens with zero attached hydrogens (tertiary/aromatic N) is 1. The van der Waals surface area contributed by atoms with Gasteiger partial charge in [0.2, 0.25) is 0 Å². The van der Waals surface area contributed by atoms with Crippen molar-refractivity contribution in [3.8, 4) is 0 Å². The van der Waals surface area contributed by atoms with Crippen LogP contribution in [-0.2, 0) is 10.0 Å². The molecule has 3 aromatic rings. The number of nitrogens with one attached hydrogen (secondary N) is 3. The maximum Gasteiger partial charge on any atom is 0.270 e. The number of rotatable bonds is 6. The van der Waals surface area contributed by atoms with Gasteiger partial charge in [-0.1, -0.05) is 29.8 Å². The molecule has 2 amide bonds. The number of amides is 2. The molecule has 10 nitrogen and oxygen atoms in total. The molecule has 0 bridgehead atoms. The lowest BCUT2D eigenvalue weighted by molar-refractivity contribution is -0.384. The molecule has 0 aromatic heterocycles. The first-order chi connectivity index (χ1) is 15.2. The van der Waals surface area contributed by atoms with E-state index in [4.69, 9.17) is 0 Å². The maximum atomic E-state index is 12.6. The minimum absolute atomic E-state index is 0.0175. The molecule has 3 N–H and O–H groups in total. The second-order valence-electron chi connectivity index (χ2n) is 6.72. The number of nitro groups is 1. The van der Waals surface area contributed by atoms with E-state index in [1.165, 1.54) is 36.4 Å². The van der Waals surface area contributed by atoms with Crippen molar-refractivity contribution < 1.29 is 22.9 Å². The number of carbonyl (C=O) groups is 2. The summed E-state index contributed by atoms with van der Waals surface area (Å²) in [4.78, 5) is 34.6. The molecule has 0 aliphatic heterocycles. The zero-order valence-corrected chi connectivity index (χ0v) is 17.5. The van der Waals surface area contributed by atoms with Crippen LogP contribution in [0.2, 0.25) is 0 Å². The average Bonchev–Trinajstić information content (AvgIpc) is 2.78. The highest BCUT2D eigenvalue weighted by Gasteiger charge is 2.17. The Kier molecular flexibility index (Phi) is 6.50. The van der Waals surface area contributed by atoms with Gasteiger partial charge in [-0.25, -0.2) is 8.42 Å². The largest absolute Gasteiger partial charge is 0.280 e. The number of hydrazine groups is 1. The van der Waals surface area contributed by atoms with Crippen molar-refractivity contribution in [2.24, 2.45) is 0 Å². The predicted octanol–water partition coefficient (Wildman–Crippen LogP) is 2.78. The summed E-state index contributed by atoms with van der Waals surface area (Å²) >= 11 is 0. The fourth-order valence-corrected chi connectivity index (χ4v) is 3.76. The third kappa shape index (κ3) is 5.46. The molecule has 0 atom stereocenters. The van der Waals surface area contributed by atoms with Crippen LogP contribution in [0.3, 0.4) is 0 Å². The molecule has 0 heterocycles. The lowest BCUT2D eigenvalue weighted by Crippen LogP contribution is -2.41. The highest BCUT2D eigenvalue weighted by Crippen LogP contribution is 2.18. The Bertz CT molecular complexity index is 1290. The van der Waals surface area contributed by atoms with Crippen molar-refractivity contribution in [3.63, 3.8) is 0 Å². The van der Waals surface area contributed by atoms with Crippen molar-refractivity contribution in [3.05, 3.63) is 99.6 Å². The molecule has 0 fully saturated rings. The van der Waals surface area contributed by atoms with Crippen LogP contribution in [0.25, 0.3) is 0 Å². The molecule has 0 aliphatic rings. The third-order valence-electron chi connectivity index (χ3n) is 4.32. The summed E-state index contributed by atoms with van der Waals surface area (Å²) in [6.07, 6.45) is 0. The number of hydrogen-bond donors (Lipinski definition) is 3. The topological polar surface area (TPSA) is 148 Å². The molecule has 0 radical (unpaired) electrons. The van der Waals surface area contributed by atoms with Crippen molar-refractivity contribution in [1.82, 2.24) is 10.9 Å². The number of anilines is 1. The fourth-order valence-electron chi connectivity index (χ4n) is 2.66. The van der Waals surface area contributed by atoms with E-state index < -0.39 is 26.8 Å². The highest BCUT2D eigenvalue weighted by atomic mass is 32.2. The van der Waals surface area contributed by atoms with Gasteiger partial charge < -0.3 is 0 Å². The van der Waals surface area contributed by atoms with Gasteiger partial charge in [0.15, 0.2) is 0 Å². The number of sulfonamides is 1. The summed E-state index contributed by atoms with van der Waals surface area (Å²) < 4.78 is 27.7. The Labute approximate surface area is 183 Å². The van der Waals surface area contributed by atoms with Crippen molar-refractivity contribution in [2.75, 3.05) is 4.72 Å². The van der Waals surface area contributed by atoms with E-state index in [1.54, 1.807) is 24.3 Å². The molecular formula is C21H18N4O6S. The van der Waals surface area contributed by atoms with Gasteiger partial charge in [-0.3, -0.25) is 35.3 Å². The van der Waals surface area contributed by atoms with E-state index in [-0.39, 0.29) is 21.7 Å². The van der Waals surface area contributed by atoms with Crippen molar-refractivity contribution >= 4 is 33.2 Å². The maximum absolute atomic E-state index is 12.6. The second kappa shape index (κ2) is 9.27. The smallest absolute Gasteiger partial charge is 0.270 e. The molecule has 0 aliphatic carbocycles. The molecule has 32 heavy (non-hydrogen) atoms. The Morgan fingerprint density at radius 3 is 2.00 bits per heavy atom. The van der Waals surface area contributed by atoms with E-state index in [9.17, 15) is 28.1 Å². The summed E-state index contributed by atoms with van der Waals surface area (Å²) in [5, 5.41) is 10.8. The molecule has 11 heteroatoms. The van der Waals surface area contributed by atoms with E-state index in [0.29, 0.717) is 5.69 Å². The van der Waals surface area contributed by atoms with Gasteiger partial charge in [0, 0.05) is 28.9 Å². The predicted molar refractivity (Wildman–Crippen MR) is 116 cm³/mol. The van der Waals surface area contributed by atoms with Crippen molar-refractivity contribution in [2.45, 2.75) is 11.8 Å². The fraction of sp³-hybridized carbons (Fsp3) is 0.0476. The SMILES string of the molecule is Cc1ccc(NS(=O)(=O)c2cccc(C(=O)NNC(=O)c3cccc([N+](=O)[O-])c3)c2)cc1. The highest BCUT2D eigenvalue weighted by molar-refractivity contribution is 7.92. The Hall–Kier alpha value is -4.25. The van der Waals surface area contributed by atoms with Crippen LogP contribution in [0.4, 0.5) is 11.4 Å².